The number of piperazine rings is 1. The number of allylic oxidation sites excluding steroid dienone is 3. The molecule has 0 spiro atoms. The molecule has 1 amide bonds. The fourth-order valence-corrected chi connectivity index (χ4v) is 6.43. The average Bonchev–Trinajstić information content (AvgIpc) is 3.43. The van der Waals surface area contributed by atoms with E-state index in [0.717, 1.165) is 81.7 Å². The summed E-state index contributed by atoms with van der Waals surface area (Å²) in [5.41, 5.74) is 6.75. The second-order valence-electron chi connectivity index (χ2n) is 9.12. The van der Waals surface area contributed by atoms with Gasteiger partial charge in [0.1, 0.15) is 0 Å². The first-order chi connectivity index (χ1) is 17.4. The van der Waals surface area contributed by atoms with Crippen molar-refractivity contribution in [3.8, 4) is 16.3 Å². The first-order valence-corrected chi connectivity index (χ1v) is 13.7. The van der Waals surface area contributed by atoms with Gasteiger partial charge in [0, 0.05) is 53.6 Å². The number of carbonyl (C=O) groups excluding carboxylic acids is 1. The van der Waals surface area contributed by atoms with E-state index in [4.69, 9.17) is 10.1 Å². The van der Waals surface area contributed by atoms with Gasteiger partial charge in [0.15, 0.2) is 0 Å². The van der Waals surface area contributed by atoms with Crippen LogP contribution in [0.25, 0.3) is 21.8 Å². The molecule has 0 unspecified atom stereocenters. The van der Waals surface area contributed by atoms with Crippen LogP contribution >= 0.6 is 27.3 Å². The molecule has 1 aromatic carbocycles. The van der Waals surface area contributed by atoms with Crippen LogP contribution in [0.3, 0.4) is 0 Å². The largest absolute Gasteiger partial charge is 0.336 e. The molecule has 1 aliphatic heterocycles. The molecule has 0 radical (unpaired) electrons. The Morgan fingerprint density at radius 2 is 2.00 bits per heavy atom. The zero-order valence-electron chi connectivity index (χ0n) is 20.8. The van der Waals surface area contributed by atoms with Crippen molar-refractivity contribution in [2.45, 2.75) is 26.7 Å². The minimum atomic E-state index is 0.0641. The number of thiazole rings is 1. The molecule has 186 valence electrons. The Kier molecular flexibility index (Phi) is 7.05. The summed E-state index contributed by atoms with van der Waals surface area (Å²) in [4.78, 5) is 27.3. The lowest BCUT2D eigenvalue weighted by molar-refractivity contribution is 0.0664. The number of aryl methyl sites for hydroxylation is 2. The smallest absolute Gasteiger partial charge is 0.253 e. The number of likely N-dealkylation sites (N-methyl/N-ethyl adjacent to an activating group) is 1. The van der Waals surface area contributed by atoms with Crippen LogP contribution < -0.4 is 0 Å². The molecule has 1 saturated heterocycles. The van der Waals surface area contributed by atoms with E-state index in [9.17, 15) is 4.79 Å². The molecule has 0 atom stereocenters. The van der Waals surface area contributed by atoms with Gasteiger partial charge in [0.25, 0.3) is 5.91 Å². The van der Waals surface area contributed by atoms with Crippen LogP contribution in [-0.4, -0.2) is 70.4 Å². The molecule has 5 rings (SSSR count). The van der Waals surface area contributed by atoms with E-state index in [0.29, 0.717) is 5.56 Å². The van der Waals surface area contributed by atoms with Crippen LogP contribution in [0.4, 0.5) is 0 Å². The molecule has 0 N–H and O–H groups in total. The Labute approximate surface area is 224 Å². The molecule has 1 fully saturated rings. The highest BCUT2D eigenvalue weighted by Gasteiger charge is 2.30. The lowest BCUT2D eigenvalue weighted by Gasteiger charge is -2.32. The predicted molar refractivity (Wildman–Crippen MR) is 150 cm³/mol. The van der Waals surface area contributed by atoms with E-state index >= 15 is 0 Å². The summed E-state index contributed by atoms with van der Waals surface area (Å²) in [5, 5.41) is 6.15. The highest BCUT2D eigenvalue weighted by atomic mass is 79.9. The third-order valence-electron chi connectivity index (χ3n) is 6.68. The van der Waals surface area contributed by atoms with Crippen molar-refractivity contribution < 1.29 is 4.79 Å². The zero-order chi connectivity index (χ0) is 25.4. The zero-order valence-corrected chi connectivity index (χ0v) is 23.2. The van der Waals surface area contributed by atoms with E-state index in [-0.39, 0.29) is 5.91 Å². The fraction of sp³-hybridized carbons (Fsp3) is 0.333. The molecule has 0 bridgehead atoms. The Hall–Kier alpha value is -2.88. The van der Waals surface area contributed by atoms with Gasteiger partial charge in [-0.2, -0.15) is 5.10 Å². The van der Waals surface area contributed by atoms with Gasteiger partial charge in [-0.3, -0.25) is 9.79 Å². The molecule has 3 aromatic rings. The maximum Gasteiger partial charge on any atom is 0.253 e. The molecule has 1 aliphatic carbocycles. The van der Waals surface area contributed by atoms with Gasteiger partial charge in [0.2, 0.25) is 0 Å². The van der Waals surface area contributed by atoms with Gasteiger partial charge >= 0.3 is 0 Å². The summed E-state index contributed by atoms with van der Waals surface area (Å²) in [6.07, 6.45) is 7.50. The number of fused-ring (bicyclic) bond motifs is 3. The van der Waals surface area contributed by atoms with Crippen LogP contribution in [0.1, 0.15) is 39.2 Å². The monoisotopic (exact) mass is 564 g/mol. The van der Waals surface area contributed by atoms with Gasteiger partial charge < -0.3 is 9.80 Å². The number of halogens is 1. The highest BCUT2D eigenvalue weighted by molar-refractivity contribution is 9.10. The normalized spacial score (nSPS) is 16.3. The third-order valence-corrected chi connectivity index (χ3v) is 8.33. The number of aromatic nitrogens is 3. The van der Waals surface area contributed by atoms with Gasteiger partial charge in [0.05, 0.1) is 32.7 Å². The summed E-state index contributed by atoms with van der Waals surface area (Å²) >= 11 is 5.46. The fourth-order valence-electron chi connectivity index (χ4n) is 4.86. The van der Waals surface area contributed by atoms with Crippen LogP contribution in [0.5, 0.6) is 0 Å². The molecule has 9 heteroatoms. The van der Waals surface area contributed by atoms with Crippen molar-refractivity contribution >= 4 is 45.5 Å². The second kappa shape index (κ2) is 10.2. The SMILES string of the molecule is C=N/C=C(\C=C/C)c1nn(-c2ccc(C(=O)N3CCN(C)CC3)cc2Br)c2c1CCc1nc(C)sc1-2. The van der Waals surface area contributed by atoms with E-state index in [1.165, 1.54) is 5.56 Å². The van der Waals surface area contributed by atoms with Crippen molar-refractivity contribution in [2.24, 2.45) is 4.99 Å². The average molecular weight is 566 g/mol. The molecular formula is C27H29BrN6OS. The van der Waals surface area contributed by atoms with E-state index in [1.54, 1.807) is 17.5 Å². The summed E-state index contributed by atoms with van der Waals surface area (Å²) in [6.45, 7) is 11.0. The van der Waals surface area contributed by atoms with Gasteiger partial charge in [-0.25, -0.2) is 9.67 Å². The van der Waals surface area contributed by atoms with E-state index in [2.05, 4.69) is 39.6 Å². The Bertz CT molecular complexity index is 1390. The summed E-state index contributed by atoms with van der Waals surface area (Å²) < 4.78 is 2.82. The van der Waals surface area contributed by atoms with Crippen LogP contribution in [0.15, 0.2) is 46.0 Å². The maximum absolute atomic E-state index is 13.2. The van der Waals surface area contributed by atoms with Gasteiger partial charge in [-0.05, 0) is 74.6 Å². The minimum absolute atomic E-state index is 0.0641. The van der Waals surface area contributed by atoms with Gasteiger partial charge in [-0.1, -0.05) is 12.2 Å². The molecule has 0 saturated carbocycles. The number of carbonyl (C=O) groups is 1. The number of hydrogen-bond acceptors (Lipinski definition) is 6. The Balaban J connectivity index is 1.61. The second-order valence-corrected chi connectivity index (χ2v) is 11.2. The minimum Gasteiger partial charge on any atom is -0.336 e. The van der Waals surface area contributed by atoms with Crippen LogP contribution in [0, 0.1) is 6.92 Å². The Morgan fingerprint density at radius 1 is 1.22 bits per heavy atom. The topological polar surface area (TPSA) is 66.6 Å². The quantitative estimate of drug-likeness (QED) is 0.316. The third kappa shape index (κ3) is 4.51. The summed E-state index contributed by atoms with van der Waals surface area (Å²) in [5.74, 6) is 0.0641. The van der Waals surface area contributed by atoms with E-state index in [1.807, 2.05) is 53.8 Å². The number of benzene rings is 1. The van der Waals surface area contributed by atoms with E-state index < -0.39 is 0 Å². The standard InChI is InChI=1S/C27H29BrN6OS/c1-5-6-19(16-29-3)24-20-8-9-22-26(36-17(2)30-22)25(20)34(31-24)23-10-7-18(15-21(23)28)27(35)33-13-11-32(4)12-14-33/h5-7,10,15-16H,3,8-9,11-14H2,1-2,4H3/b6-5-,19-16+. The molecule has 36 heavy (non-hydrogen) atoms. The number of nitrogens with zero attached hydrogens (tertiary/aromatic N) is 6. The molecule has 2 aromatic heterocycles. The van der Waals surface area contributed by atoms with Crippen LogP contribution in [0.2, 0.25) is 0 Å². The summed E-state index contributed by atoms with van der Waals surface area (Å²) in [7, 11) is 2.09. The molecule has 7 nitrogen and oxygen atoms in total. The van der Waals surface area contributed by atoms with Crippen LogP contribution in [-0.2, 0) is 12.8 Å². The number of rotatable bonds is 5. The molecule has 3 heterocycles. The number of aliphatic imine (C=N–C) groups is 1. The predicted octanol–water partition coefficient (Wildman–Crippen LogP) is 5.17. The van der Waals surface area contributed by atoms with Crippen molar-refractivity contribution in [1.82, 2.24) is 24.6 Å². The van der Waals surface area contributed by atoms with Crippen molar-refractivity contribution in [2.75, 3.05) is 33.2 Å². The number of hydrogen-bond donors (Lipinski definition) is 0. The number of amides is 1. The van der Waals surface area contributed by atoms with Crippen molar-refractivity contribution in [3.05, 3.63) is 68.5 Å². The lowest BCUT2D eigenvalue weighted by Crippen LogP contribution is -2.47. The maximum atomic E-state index is 13.2. The Morgan fingerprint density at radius 3 is 2.69 bits per heavy atom. The molecular weight excluding hydrogens is 536 g/mol. The first-order valence-electron chi connectivity index (χ1n) is 12.1. The van der Waals surface area contributed by atoms with Crippen molar-refractivity contribution in [3.63, 3.8) is 0 Å². The lowest BCUT2D eigenvalue weighted by atomic mass is 9.95. The highest BCUT2D eigenvalue weighted by Crippen LogP contribution is 2.42. The molecule has 2 aliphatic rings. The van der Waals surface area contributed by atoms with Gasteiger partial charge in [-0.15, -0.1) is 11.3 Å². The van der Waals surface area contributed by atoms with Crippen molar-refractivity contribution in [1.29, 1.82) is 0 Å². The first kappa shape index (κ1) is 24.8. The summed E-state index contributed by atoms with van der Waals surface area (Å²) in [6, 6.07) is 5.81.